The summed E-state index contributed by atoms with van der Waals surface area (Å²) < 4.78 is 13.7. The highest BCUT2D eigenvalue weighted by molar-refractivity contribution is 7.98. The highest BCUT2D eigenvalue weighted by Crippen LogP contribution is 2.20. The molecule has 0 aliphatic rings. The van der Waals surface area contributed by atoms with Crippen molar-refractivity contribution < 1.29 is 9.18 Å². The Balaban J connectivity index is 2.10. The van der Waals surface area contributed by atoms with E-state index >= 15 is 0 Å². The predicted molar refractivity (Wildman–Crippen MR) is 84.9 cm³/mol. The second-order valence-electron chi connectivity index (χ2n) is 4.71. The predicted octanol–water partition coefficient (Wildman–Crippen LogP) is 3.62. The Morgan fingerprint density at radius 3 is 2.48 bits per heavy atom. The van der Waals surface area contributed by atoms with Gasteiger partial charge in [-0.25, -0.2) is 4.39 Å². The lowest BCUT2D eigenvalue weighted by Gasteiger charge is -2.15. The van der Waals surface area contributed by atoms with Crippen LogP contribution in [0.25, 0.3) is 0 Å². The van der Waals surface area contributed by atoms with E-state index in [9.17, 15) is 9.18 Å². The van der Waals surface area contributed by atoms with E-state index in [1.165, 1.54) is 12.1 Å². The minimum Gasteiger partial charge on any atom is -0.399 e. The first-order chi connectivity index (χ1) is 10.0. The SMILES string of the molecule is CSc1ccc(C(C)NC(=O)c2ccc(N)cc2F)cc1. The van der Waals surface area contributed by atoms with Crippen LogP contribution in [0, 0.1) is 5.82 Å². The zero-order valence-corrected chi connectivity index (χ0v) is 12.7. The third-order valence-corrected chi connectivity index (χ3v) is 3.94. The second-order valence-corrected chi connectivity index (χ2v) is 5.59. The summed E-state index contributed by atoms with van der Waals surface area (Å²) in [4.78, 5) is 13.2. The van der Waals surface area contributed by atoms with Crippen LogP contribution in [0.2, 0.25) is 0 Å². The fourth-order valence-electron chi connectivity index (χ4n) is 1.97. The molecule has 21 heavy (non-hydrogen) atoms. The first-order valence-corrected chi connectivity index (χ1v) is 7.73. The second kappa shape index (κ2) is 6.63. The van der Waals surface area contributed by atoms with Crippen LogP contribution in [0.5, 0.6) is 0 Å². The Kier molecular flexibility index (Phi) is 4.85. The number of halogens is 1. The van der Waals surface area contributed by atoms with Crippen molar-refractivity contribution in [1.82, 2.24) is 5.32 Å². The fraction of sp³-hybridized carbons (Fsp3) is 0.188. The van der Waals surface area contributed by atoms with Gasteiger partial charge in [0.25, 0.3) is 5.91 Å². The number of carbonyl (C=O) groups is 1. The number of rotatable bonds is 4. The summed E-state index contributed by atoms with van der Waals surface area (Å²) in [6.45, 7) is 1.86. The summed E-state index contributed by atoms with van der Waals surface area (Å²) >= 11 is 1.65. The quantitative estimate of drug-likeness (QED) is 0.670. The Morgan fingerprint density at radius 2 is 1.90 bits per heavy atom. The van der Waals surface area contributed by atoms with Crippen LogP contribution in [0.15, 0.2) is 47.4 Å². The van der Waals surface area contributed by atoms with Crippen LogP contribution < -0.4 is 11.1 Å². The van der Waals surface area contributed by atoms with Crippen molar-refractivity contribution in [2.45, 2.75) is 17.9 Å². The molecule has 2 rings (SSSR count). The molecule has 1 amide bonds. The van der Waals surface area contributed by atoms with E-state index in [0.29, 0.717) is 5.69 Å². The van der Waals surface area contributed by atoms with E-state index < -0.39 is 11.7 Å². The van der Waals surface area contributed by atoms with Crippen molar-refractivity contribution in [3.63, 3.8) is 0 Å². The number of carbonyl (C=O) groups excluding carboxylic acids is 1. The molecule has 0 aliphatic carbocycles. The van der Waals surface area contributed by atoms with Gasteiger partial charge in [0.1, 0.15) is 5.82 Å². The molecule has 0 saturated heterocycles. The molecule has 0 bridgehead atoms. The first-order valence-electron chi connectivity index (χ1n) is 6.51. The van der Waals surface area contributed by atoms with Gasteiger partial charge in [0.15, 0.2) is 0 Å². The van der Waals surface area contributed by atoms with E-state index in [1.807, 2.05) is 37.4 Å². The van der Waals surface area contributed by atoms with Gasteiger partial charge in [-0.1, -0.05) is 12.1 Å². The summed E-state index contributed by atoms with van der Waals surface area (Å²) in [5.74, 6) is -1.06. The minimum atomic E-state index is -0.613. The average Bonchev–Trinajstić information content (AvgIpc) is 2.47. The molecule has 0 spiro atoms. The molecule has 5 heteroatoms. The number of benzene rings is 2. The minimum absolute atomic E-state index is 0.00298. The van der Waals surface area contributed by atoms with Crippen LogP contribution >= 0.6 is 11.8 Å². The van der Waals surface area contributed by atoms with Gasteiger partial charge in [-0.2, -0.15) is 0 Å². The number of amides is 1. The highest BCUT2D eigenvalue weighted by Gasteiger charge is 2.15. The maximum absolute atomic E-state index is 13.7. The summed E-state index contributed by atoms with van der Waals surface area (Å²) in [6, 6.07) is 11.7. The normalized spacial score (nSPS) is 12.0. The van der Waals surface area contributed by atoms with E-state index in [0.717, 1.165) is 16.5 Å². The van der Waals surface area contributed by atoms with E-state index in [-0.39, 0.29) is 11.6 Å². The molecule has 3 N–H and O–H groups in total. The van der Waals surface area contributed by atoms with Crippen molar-refractivity contribution in [3.05, 3.63) is 59.4 Å². The van der Waals surface area contributed by atoms with Crippen LogP contribution in [-0.4, -0.2) is 12.2 Å². The average molecular weight is 304 g/mol. The third kappa shape index (κ3) is 3.76. The van der Waals surface area contributed by atoms with Gasteiger partial charge in [0.05, 0.1) is 11.6 Å². The lowest BCUT2D eigenvalue weighted by molar-refractivity contribution is 0.0936. The molecule has 2 aromatic rings. The van der Waals surface area contributed by atoms with Crippen molar-refractivity contribution in [2.24, 2.45) is 0 Å². The molecule has 0 fully saturated rings. The number of anilines is 1. The van der Waals surface area contributed by atoms with Gasteiger partial charge in [0, 0.05) is 10.6 Å². The molecule has 0 aromatic heterocycles. The number of nitrogens with one attached hydrogen (secondary N) is 1. The molecule has 0 heterocycles. The van der Waals surface area contributed by atoms with Crippen LogP contribution in [0.1, 0.15) is 28.9 Å². The summed E-state index contributed by atoms with van der Waals surface area (Å²) in [5.41, 5.74) is 6.74. The topological polar surface area (TPSA) is 55.1 Å². The smallest absolute Gasteiger partial charge is 0.254 e. The fourth-order valence-corrected chi connectivity index (χ4v) is 2.37. The van der Waals surface area contributed by atoms with Crippen molar-refractivity contribution in [2.75, 3.05) is 12.0 Å². The molecule has 0 saturated carbocycles. The third-order valence-electron chi connectivity index (χ3n) is 3.20. The lowest BCUT2D eigenvalue weighted by atomic mass is 10.1. The largest absolute Gasteiger partial charge is 0.399 e. The Hall–Kier alpha value is -2.01. The molecule has 2 aromatic carbocycles. The number of hydrogen-bond donors (Lipinski definition) is 2. The molecule has 3 nitrogen and oxygen atoms in total. The molecule has 1 unspecified atom stereocenters. The van der Waals surface area contributed by atoms with Crippen molar-refractivity contribution in [3.8, 4) is 0 Å². The molecular weight excluding hydrogens is 287 g/mol. The molecular formula is C16H17FN2OS. The molecule has 0 aliphatic heterocycles. The van der Waals surface area contributed by atoms with Crippen molar-refractivity contribution >= 4 is 23.4 Å². The van der Waals surface area contributed by atoms with Gasteiger partial charge in [0.2, 0.25) is 0 Å². The van der Waals surface area contributed by atoms with E-state index in [1.54, 1.807) is 11.8 Å². The maximum atomic E-state index is 13.7. The molecule has 1 atom stereocenters. The van der Waals surface area contributed by atoms with E-state index in [4.69, 9.17) is 5.73 Å². The summed E-state index contributed by atoms with van der Waals surface area (Å²) in [5, 5.41) is 2.78. The van der Waals surface area contributed by atoms with Gasteiger partial charge in [-0.15, -0.1) is 11.8 Å². The Bertz CT molecular complexity index is 643. The Labute approximate surface area is 127 Å². The van der Waals surface area contributed by atoms with Gasteiger partial charge >= 0.3 is 0 Å². The summed E-state index contributed by atoms with van der Waals surface area (Å²) in [7, 11) is 0. The van der Waals surface area contributed by atoms with Crippen LogP contribution in [0.4, 0.5) is 10.1 Å². The zero-order chi connectivity index (χ0) is 15.4. The van der Waals surface area contributed by atoms with E-state index in [2.05, 4.69) is 5.32 Å². The van der Waals surface area contributed by atoms with Gasteiger partial charge in [-0.05, 0) is 49.1 Å². The number of nitrogen functional groups attached to an aromatic ring is 1. The molecule has 110 valence electrons. The molecule has 0 radical (unpaired) electrons. The number of thioether (sulfide) groups is 1. The maximum Gasteiger partial charge on any atom is 0.254 e. The monoisotopic (exact) mass is 304 g/mol. The van der Waals surface area contributed by atoms with Crippen molar-refractivity contribution in [1.29, 1.82) is 0 Å². The zero-order valence-electron chi connectivity index (χ0n) is 11.9. The highest BCUT2D eigenvalue weighted by atomic mass is 32.2. The van der Waals surface area contributed by atoms with Gasteiger partial charge < -0.3 is 11.1 Å². The van der Waals surface area contributed by atoms with Gasteiger partial charge in [-0.3, -0.25) is 4.79 Å². The first kappa shape index (κ1) is 15.4. The van der Waals surface area contributed by atoms with Crippen LogP contribution in [-0.2, 0) is 0 Å². The summed E-state index contributed by atoms with van der Waals surface area (Å²) in [6.07, 6.45) is 2.00. The van der Waals surface area contributed by atoms with Crippen LogP contribution in [0.3, 0.4) is 0 Å². The number of hydrogen-bond acceptors (Lipinski definition) is 3. The number of nitrogens with two attached hydrogens (primary N) is 1. The standard InChI is InChI=1S/C16H17FN2OS/c1-10(11-3-6-13(21-2)7-4-11)19-16(20)14-8-5-12(18)9-15(14)17/h3-10H,18H2,1-2H3,(H,19,20). The Morgan fingerprint density at radius 1 is 1.24 bits per heavy atom. The lowest BCUT2D eigenvalue weighted by Crippen LogP contribution is -2.27.